The number of aryl methyl sites for hydroxylation is 1. The topological polar surface area (TPSA) is 91.6 Å². The first-order valence-corrected chi connectivity index (χ1v) is 13.1. The SMILES string of the molecule is CCc1ccc(NC(=O)CSC2=NC3=C(C(=O)CC(C)(C)C3)[C@H](c3ccc(OC)cc3)C2C#N)cc1. The molecule has 0 spiro atoms. The zero-order valence-electron chi connectivity index (χ0n) is 21.1. The molecule has 4 rings (SSSR count). The Labute approximate surface area is 216 Å². The lowest BCUT2D eigenvalue weighted by molar-refractivity contribution is -0.118. The lowest BCUT2D eigenvalue weighted by Crippen LogP contribution is -2.35. The van der Waals surface area contributed by atoms with Crippen LogP contribution in [0.15, 0.2) is 64.8 Å². The number of nitriles is 1. The fourth-order valence-electron chi connectivity index (χ4n) is 4.85. The Balaban J connectivity index is 1.61. The summed E-state index contributed by atoms with van der Waals surface area (Å²) in [5, 5.41) is 13.7. The monoisotopic (exact) mass is 501 g/mol. The minimum atomic E-state index is -0.649. The quantitative estimate of drug-likeness (QED) is 0.531. The highest BCUT2D eigenvalue weighted by molar-refractivity contribution is 8.14. The molecule has 2 aromatic rings. The van der Waals surface area contributed by atoms with Crippen molar-refractivity contribution in [2.75, 3.05) is 18.2 Å². The molecule has 2 atom stereocenters. The third kappa shape index (κ3) is 5.55. The van der Waals surface area contributed by atoms with Crippen molar-refractivity contribution in [3.05, 3.63) is 70.9 Å². The number of hydrogen-bond acceptors (Lipinski definition) is 6. The minimum Gasteiger partial charge on any atom is -0.497 e. The molecular weight excluding hydrogens is 470 g/mol. The zero-order valence-corrected chi connectivity index (χ0v) is 21.9. The van der Waals surface area contributed by atoms with Gasteiger partial charge in [0.25, 0.3) is 0 Å². The van der Waals surface area contributed by atoms with Crippen molar-refractivity contribution in [2.24, 2.45) is 16.3 Å². The summed E-state index contributed by atoms with van der Waals surface area (Å²) in [7, 11) is 1.60. The molecule has 0 radical (unpaired) electrons. The van der Waals surface area contributed by atoms with Crippen LogP contribution in [-0.4, -0.2) is 29.6 Å². The van der Waals surface area contributed by atoms with Gasteiger partial charge in [-0.05, 0) is 53.6 Å². The van der Waals surface area contributed by atoms with Crippen molar-refractivity contribution in [3.63, 3.8) is 0 Å². The van der Waals surface area contributed by atoms with E-state index in [1.165, 1.54) is 17.3 Å². The Morgan fingerprint density at radius 2 is 1.86 bits per heavy atom. The highest BCUT2D eigenvalue weighted by Gasteiger charge is 2.44. The van der Waals surface area contributed by atoms with E-state index in [9.17, 15) is 14.9 Å². The first-order chi connectivity index (χ1) is 17.2. The molecule has 0 aromatic heterocycles. The molecule has 2 aliphatic rings. The van der Waals surface area contributed by atoms with Crippen LogP contribution >= 0.6 is 11.8 Å². The Morgan fingerprint density at radius 1 is 1.17 bits per heavy atom. The van der Waals surface area contributed by atoms with Crippen molar-refractivity contribution < 1.29 is 14.3 Å². The highest BCUT2D eigenvalue weighted by Crippen LogP contribution is 2.48. The number of carbonyl (C=O) groups excluding carboxylic acids is 2. The van der Waals surface area contributed by atoms with Gasteiger partial charge in [-0.3, -0.25) is 9.59 Å². The number of nitrogens with one attached hydrogen (secondary N) is 1. The predicted octanol–water partition coefficient (Wildman–Crippen LogP) is 5.91. The van der Waals surface area contributed by atoms with Gasteiger partial charge in [0.2, 0.25) is 5.91 Å². The normalized spacial score (nSPS) is 20.8. The van der Waals surface area contributed by atoms with Crippen LogP contribution in [-0.2, 0) is 16.0 Å². The highest BCUT2D eigenvalue weighted by atomic mass is 32.2. The fourth-order valence-corrected chi connectivity index (χ4v) is 5.74. The third-order valence-corrected chi connectivity index (χ3v) is 7.71. The van der Waals surface area contributed by atoms with E-state index in [1.54, 1.807) is 7.11 Å². The minimum absolute atomic E-state index is 0.0448. The number of ether oxygens (including phenoxy) is 1. The number of amides is 1. The number of carbonyl (C=O) groups is 2. The molecule has 6 nitrogen and oxygen atoms in total. The molecule has 1 aliphatic heterocycles. The van der Waals surface area contributed by atoms with Gasteiger partial charge in [-0.2, -0.15) is 5.26 Å². The molecule has 36 heavy (non-hydrogen) atoms. The number of hydrogen-bond donors (Lipinski definition) is 1. The summed E-state index contributed by atoms with van der Waals surface area (Å²) in [5.41, 5.74) is 3.98. The standard InChI is InChI=1S/C29H31N3O3S/c1-5-18-6-10-20(11-7-18)31-25(34)17-36-28-22(16-30)26(19-8-12-21(35-4)13-9-19)27-23(32-28)14-29(2,3)15-24(27)33/h6-13,22,26H,5,14-15,17H2,1-4H3,(H,31,34)/t22?,26-/m1/s1. The largest absolute Gasteiger partial charge is 0.497 e. The van der Waals surface area contributed by atoms with Crippen LogP contribution < -0.4 is 10.1 Å². The average molecular weight is 502 g/mol. The molecule has 7 heteroatoms. The van der Waals surface area contributed by atoms with E-state index in [2.05, 4.69) is 32.2 Å². The maximum Gasteiger partial charge on any atom is 0.234 e. The van der Waals surface area contributed by atoms with Gasteiger partial charge in [0, 0.05) is 29.3 Å². The Morgan fingerprint density at radius 3 is 2.47 bits per heavy atom. The lowest BCUT2D eigenvalue weighted by atomic mass is 9.68. The van der Waals surface area contributed by atoms with E-state index in [4.69, 9.17) is 9.73 Å². The molecule has 1 N–H and O–H groups in total. The number of thioether (sulfide) groups is 1. The van der Waals surface area contributed by atoms with Gasteiger partial charge in [0.15, 0.2) is 5.78 Å². The lowest BCUT2D eigenvalue weighted by Gasteiger charge is -2.38. The van der Waals surface area contributed by atoms with Gasteiger partial charge in [0.05, 0.1) is 24.0 Å². The number of Topliss-reactive ketones (excluding diaryl/α,β-unsaturated/α-hetero) is 1. The molecule has 2 aromatic carbocycles. The Hall–Kier alpha value is -3.37. The van der Waals surface area contributed by atoms with Crippen molar-refractivity contribution in [1.82, 2.24) is 0 Å². The summed E-state index contributed by atoms with van der Waals surface area (Å²) < 4.78 is 5.30. The summed E-state index contributed by atoms with van der Waals surface area (Å²) in [6, 6.07) is 17.7. The van der Waals surface area contributed by atoms with Crippen LogP contribution in [0.25, 0.3) is 0 Å². The van der Waals surface area contributed by atoms with E-state index >= 15 is 0 Å². The van der Waals surface area contributed by atoms with Crippen molar-refractivity contribution in [2.45, 2.75) is 46.0 Å². The van der Waals surface area contributed by atoms with Gasteiger partial charge < -0.3 is 10.1 Å². The number of ketones is 1. The van der Waals surface area contributed by atoms with Crippen LogP contribution in [0, 0.1) is 22.7 Å². The van der Waals surface area contributed by atoms with Crippen molar-refractivity contribution in [1.29, 1.82) is 5.26 Å². The molecule has 1 amide bonds. The molecule has 0 bridgehead atoms. The molecule has 0 saturated carbocycles. The van der Waals surface area contributed by atoms with E-state index in [0.717, 1.165) is 23.4 Å². The van der Waals surface area contributed by atoms with E-state index in [-0.39, 0.29) is 22.9 Å². The number of benzene rings is 2. The number of nitrogens with zero attached hydrogens (tertiary/aromatic N) is 2. The average Bonchev–Trinajstić information content (AvgIpc) is 2.86. The first kappa shape index (κ1) is 25.7. The van der Waals surface area contributed by atoms with Gasteiger partial charge in [-0.25, -0.2) is 4.99 Å². The van der Waals surface area contributed by atoms with Gasteiger partial charge >= 0.3 is 0 Å². The second kappa shape index (κ2) is 10.7. The van der Waals surface area contributed by atoms with E-state index in [0.29, 0.717) is 29.2 Å². The predicted molar refractivity (Wildman–Crippen MR) is 144 cm³/mol. The first-order valence-electron chi connectivity index (χ1n) is 12.1. The summed E-state index contributed by atoms with van der Waals surface area (Å²) in [6.45, 7) is 6.21. The van der Waals surface area contributed by atoms with Crippen LogP contribution in [0.3, 0.4) is 0 Å². The number of methoxy groups -OCH3 is 1. The third-order valence-electron chi connectivity index (χ3n) is 6.66. The maximum absolute atomic E-state index is 13.3. The van der Waals surface area contributed by atoms with Gasteiger partial charge in [-0.1, -0.05) is 56.8 Å². The summed E-state index contributed by atoms with van der Waals surface area (Å²) >= 11 is 1.27. The smallest absolute Gasteiger partial charge is 0.234 e. The van der Waals surface area contributed by atoms with Crippen LogP contribution in [0.1, 0.15) is 50.7 Å². The molecule has 1 unspecified atom stereocenters. The Kier molecular flexibility index (Phi) is 7.65. The van der Waals surface area contributed by atoms with Crippen LogP contribution in [0.4, 0.5) is 5.69 Å². The second-order valence-corrected chi connectivity index (χ2v) is 11.0. The molecular formula is C29H31N3O3S. The number of anilines is 1. The van der Waals surface area contributed by atoms with Gasteiger partial charge in [-0.15, -0.1) is 0 Å². The van der Waals surface area contributed by atoms with Crippen molar-refractivity contribution >= 4 is 34.2 Å². The molecule has 186 valence electrons. The van der Waals surface area contributed by atoms with Gasteiger partial charge in [0.1, 0.15) is 11.7 Å². The van der Waals surface area contributed by atoms with Crippen molar-refractivity contribution in [3.8, 4) is 11.8 Å². The summed E-state index contributed by atoms with van der Waals surface area (Å²) in [5.74, 6) is -0.358. The molecule has 0 saturated heterocycles. The fraction of sp³-hybridized carbons (Fsp3) is 0.379. The van der Waals surface area contributed by atoms with E-state index in [1.807, 2.05) is 48.5 Å². The number of allylic oxidation sites excluding steroid dienone is 2. The number of rotatable bonds is 6. The Bertz CT molecular complexity index is 1250. The molecule has 1 aliphatic carbocycles. The van der Waals surface area contributed by atoms with Crippen LogP contribution in [0.2, 0.25) is 0 Å². The molecule has 1 heterocycles. The van der Waals surface area contributed by atoms with E-state index < -0.39 is 11.8 Å². The summed E-state index contributed by atoms with van der Waals surface area (Å²) in [4.78, 5) is 30.8. The number of aliphatic imine (C=N–C) groups is 1. The summed E-state index contributed by atoms with van der Waals surface area (Å²) in [6.07, 6.45) is 2.01. The maximum atomic E-state index is 13.3. The van der Waals surface area contributed by atoms with Crippen LogP contribution in [0.5, 0.6) is 5.75 Å². The molecule has 0 fully saturated rings. The second-order valence-electron chi connectivity index (χ2n) is 10.00. The zero-order chi connectivity index (χ0) is 25.9.